The van der Waals surface area contributed by atoms with Gasteiger partial charge in [-0.3, -0.25) is 0 Å². The van der Waals surface area contributed by atoms with Crippen molar-refractivity contribution in [1.82, 2.24) is 4.31 Å². The summed E-state index contributed by atoms with van der Waals surface area (Å²) in [5, 5.41) is 1.95. The number of benzene rings is 1. The monoisotopic (exact) mass is 359 g/mol. The highest BCUT2D eigenvalue weighted by atomic mass is 79.9. The fourth-order valence-corrected chi connectivity index (χ4v) is 4.55. The van der Waals surface area contributed by atoms with Crippen molar-refractivity contribution >= 4 is 37.3 Å². The molecule has 0 unspecified atom stereocenters. The van der Waals surface area contributed by atoms with Crippen molar-refractivity contribution in [2.45, 2.75) is 18.4 Å². The zero-order chi connectivity index (χ0) is 13.9. The van der Waals surface area contributed by atoms with Crippen LogP contribution in [0, 0.1) is 0 Å². The molecular weight excluding hydrogens is 346 g/mol. The first-order chi connectivity index (χ1) is 9.04. The van der Waals surface area contributed by atoms with Crippen LogP contribution < -0.4 is 0 Å². The van der Waals surface area contributed by atoms with Gasteiger partial charge >= 0.3 is 0 Å². The van der Waals surface area contributed by atoms with Gasteiger partial charge in [0.1, 0.15) is 0 Å². The van der Waals surface area contributed by atoms with Crippen LogP contribution in [0.25, 0.3) is 0 Å². The Morgan fingerprint density at radius 3 is 2.63 bits per heavy atom. The third kappa shape index (κ3) is 3.45. The second-order valence-electron chi connectivity index (χ2n) is 3.97. The van der Waals surface area contributed by atoms with Crippen molar-refractivity contribution in [2.24, 2.45) is 0 Å². The lowest BCUT2D eigenvalue weighted by atomic mass is 10.4. The van der Waals surface area contributed by atoms with Crippen molar-refractivity contribution in [2.75, 3.05) is 6.54 Å². The highest BCUT2D eigenvalue weighted by Crippen LogP contribution is 2.22. The lowest BCUT2D eigenvalue weighted by Gasteiger charge is -2.19. The summed E-state index contributed by atoms with van der Waals surface area (Å²) < 4.78 is 27.4. The van der Waals surface area contributed by atoms with Crippen molar-refractivity contribution in [3.63, 3.8) is 0 Å². The molecule has 0 aliphatic heterocycles. The fourth-order valence-electron chi connectivity index (χ4n) is 1.72. The molecule has 0 aliphatic carbocycles. The standard InChI is InChI=1S/C13H14BrNO2S2/c1-2-15(10-12-6-4-8-18-12)19(16,17)13-7-3-5-11(14)9-13/h3-9H,2,10H2,1H3. The predicted octanol–water partition coefficient (Wildman–Crippen LogP) is 3.72. The number of nitrogens with zero attached hydrogens (tertiary/aromatic N) is 1. The molecule has 0 amide bonds. The summed E-state index contributed by atoms with van der Waals surface area (Å²) >= 11 is 4.87. The molecular formula is C13H14BrNO2S2. The molecule has 102 valence electrons. The summed E-state index contributed by atoms with van der Waals surface area (Å²) in [6.07, 6.45) is 0. The smallest absolute Gasteiger partial charge is 0.207 e. The molecule has 6 heteroatoms. The molecule has 0 saturated heterocycles. The molecule has 1 aromatic heterocycles. The molecule has 1 heterocycles. The number of halogens is 1. The van der Waals surface area contributed by atoms with Gasteiger partial charge in [0.05, 0.1) is 4.90 Å². The normalized spacial score (nSPS) is 11.9. The maximum Gasteiger partial charge on any atom is 0.243 e. The third-order valence-electron chi connectivity index (χ3n) is 2.70. The highest BCUT2D eigenvalue weighted by Gasteiger charge is 2.23. The van der Waals surface area contributed by atoms with Crippen LogP contribution in [0.1, 0.15) is 11.8 Å². The molecule has 0 spiro atoms. The lowest BCUT2D eigenvalue weighted by molar-refractivity contribution is 0.426. The Kier molecular flexibility index (Phi) is 4.78. The van der Waals surface area contributed by atoms with E-state index in [4.69, 9.17) is 0 Å². The zero-order valence-corrected chi connectivity index (χ0v) is 13.6. The van der Waals surface area contributed by atoms with Gasteiger partial charge in [0.25, 0.3) is 0 Å². The molecule has 0 atom stereocenters. The van der Waals surface area contributed by atoms with Gasteiger partial charge in [-0.05, 0) is 29.6 Å². The van der Waals surface area contributed by atoms with Crippen LogP contribution in [0.15, 0.2) is 51.1 Å². The molecule has 0 aliphatic rings. The van der Waals surface area contributed by atoms with Crippen molar-refractivity contribution in [3.05, 3.63) is 51.1 Å². The molecule has 2 rings (SSSR count). The Morgan fingerprint density at radius 1 is 1.26 bits per heavy atom. The first-order valence-corrected chi connectivity index (χ1v) is 8.93. The van der Waals surface area contributed by atoms with Gasteiger partial charge in [0.15, 0.2) is 0 Å². The van der Waals surface area contributed by atoms with Crippen molar-refractivity contribution in [3.8, 4) is 0 Å². The average Bonchev–Trinajstić information content (AvgIpc) is 2.88. The van der Waals surface area contributed by atoms with E-state index in [0.29, 0.717) is 18.0 Å². The SMILES string of the molecule is CCN(Cc1cccs1)S(=O)(=O)c1cccc(Br)c1. The van der Waals surface area contributed by atoms with Gasteiger partial charge in [0, 0.05) is 22.4 Å². The minimum atomic E-state index is -3.44. The van der Waals surface area contributed by atoms with Gasteiger partial charge in [-0.2, -0.15) is 4.31 Å². The van der Waals surface area contributed by atoms with E-state index in [1.807, 2.05) is 30.5 Å². The number of thiophene rings is 1. The minimum absolute atomic E-state index is 0.320. The van der Waals surface area contributed by atoms with Crippen LogP contribution >= 0.6 is 27.3 Å². The summed E-state index contributed by atoms with van der Waals surface area (Å²) in [5.41, 5.74) is 0. The van der Waals surface area contributed by atoms with Gasteiger partial charge in [-0.25, -0.2) is 8.42 Å². The minimum Gasteiger partial charge on any atom is -0.207 e. The quantitative estimate of drug-likeness (QED) is 0.815. The molecule has 1 aromatic carbocycles. The van der Waals surface area contributed by atoms with Crippen LogP contribution in [0.2, 0.25) is 0 Å². The van der Waals surface area contributed by atoms with Crippen LogP contribution in [-0.4, -0.2) is 19.3 Å². The Balaban J connectivity index is 2.31. The Hall–Kier alpha value is -0.690. The molecule has 0 fully saturated rings. The molecule has 0 saturated carbocycles. The van der Waals surface area contributed by atoms with Crippen molar-refractivity contribution < 1.29 is 8.42 Å². The molecule has 19 heavy (non-hydrogen) atoms. The third-order valence-corrected chi connectivity index (χ3v) is 5.97. The van der Waals surface area contributed by atoms with Gasteiger partial charge in [0.2, 0.25) is 10.0 Å². The van der Waals surface area contributed by atoms with Crippen LogP contribution in [0.5, 0.6) is 0 Å². The Morgan fingerprint density at radius 2 is 2.05 bits per heavy atom. The largest absolute Gasteiger partial charge is 0.243 e. The molecule has 0 bridgehead atoms. The zero-order valence-electron chi connectivity index (χ0n) is 10.4. The first kappa shape index (κ1) is 14.7. The molecule has 3 nitrogen and oxygen atoms in total. The number of hydrogen-bond acceptors (Lipinski definition) is 3. The van der Waals surface area contributed by atoms with Gasteiger partial charge in [-0.1, -0.05) is 35.0 Å². The fraction of sp³-hybridized carbons (Fsp3) is 0.231. The van der Waals surface area contributed by atoms with E-state index in [2.05, 4.69) is 15.9 Å². The summed E-state index contributed by atoms with van der Waals surface area (Å²) in [6, 6.07) is 10.7. The summed E-state index contributed by atoms with van der Waals surface area (Å²) in [5.74, 6) is 0. The van der Waals surface area contributed by atoms with E-state index in [0.717, 1.165) is 9.35 Å². The second-order valence-corrected chi connectivity index (χ2v) is 7.85. The van der Waals surface area contributed by atoms with Crippen LogP contribution in [-0.2, 0) is 16.6 Å². The summed E-state index contributed by atoms with van der Waals surface area (Å²) in [4.78, 5) is 1.36. The topological polar surface area (TPSA) is 37.4 Å². The molecule has 0 radical (unpaired) electrons. The summed E-state index contributed by atoms with van der Waals surface area (Å²) in [7, 11) is -3.44. The number of rotatable bonds is 5. The summed E-state index contributed by atoms with van der Waals surface area (Å²) in [6.45, 7) is 2.72. The maximum absolute atomic E-state index is 12.6. The first-order valence-electron chi connectivity index (χ1n) is 5.82. The average molecular weight is 360 g/mol. The van der Waals surface area contributed by atoms with Crippen LogP contribution in [0.4, 0.5) is 0 Å². The van der Waals surface area contributed by atoms with Crippen molar-refractivity contribution in [1.29, 1.82) is 0 Å². The highest BCUT2D eigenvalue weighted by molar-refractivity contribution is 9.10. The predicted molar refractivity (Wildman–Crippen MR) is 81.7 cm³/mol. The second kappa shape index (κ2) is 6.17. The van der Waals surface area contributed by atoms with Gasteiger partial charge in [-0.15, -0.1) is 11.3 Å². The van der Waals surface area contributed by atoms with Gasteiger partial charge < -0.3 is 0 Å². The van der Waals surface area contributed by atoms with E-state index in [1.54, 1.807) is 29.5 Å². The number of hydrogen-bond donors (Lipinski definition) is 0. The van der Waals surface area contributed by atoms with E-state index in [1.165, 1.54) is 4.31 Å². The van der Waals surface area contributed by atoms with E-state index < -0.39 is 10.0 Å². The Labute approximate surface area is 126 Å². The van der Waals surface area contributed by atoms with Crippen LogP contribution in [0.3, 0.4) is 0 Å². The van der Waals surface area contributed by atoms with E-state index in [-0.39, 0.29) is 0 Å². The molecule has 0 N–H and O–H groups in total. The number of sulfonamides is 1. The lowest BCUT2D eigenvalue weighted by Crippen LogP contribution is -2.30. The Bertz CT molecular complexity index is 638. The maximum atomic E-state index is 12.6. The van der Waals surface area contributed by atoms with E-state index >= 15 is 0 Å². The molecule has 2 aromatic rings. The van der Waals surface area contributed by atoms with E-state index in [9.17, 15) is 8.42 Å².